The number of amides is 1. The third-order valence-electron chi connectivity index (χ3n) is 2.81. The summed E-state index contributed by atoms with van der Waals surface area (Å²) in [6.45, 7) is 1.24. The van der Waals surface area contributed by atoms with Crippen molar-refractivity contribution in [2.45, 2.75) is 13.0 Å². The number of likely N-dealkylation sites (N-methyl/N-ethyl adjacent to an activating group) is 1. The van der Waals surface area contributed by atoms with Crippen molar-refractivity contribution in [3.8, 4) is 0 Å². The maximum absolute atomic E-state index is 13.3. The third-order valence-corrected chi connectivity index (χ3v) is 2.81. The van der Waals surface area contributed by atoms with Crippen molar-refractivity contribution in [1.82, 2.24) is 4.90 Å². The van der Waals surface area contributed by atoms with Gasteiger partial charge in [0.15, 0.2) is 0 Å². The molecule has 8 nitrogen and oxygen atoms in total. The number of nitro groups is 1. The molecule has 1 atom stereocenters. The minimum atomic E-state index is -1.27. The highest BCUT2D eigenvalue weighted by molar-refractivity contribution is 6.02. The highest BCUT2D eigenvalue weighted by Crippen LogP contribution is 2.27. The summed E-state index contributed by atoms with van der Waals surface area (Å²) in [5.41, 5.74) is 3.76. The van der Waals surface area contributed by atoms with Gasteiger partial charge in [-0.2, -0.15) is 0 Å². The summed E-state index contributed by atoms with van der Waals surface area (Å²) in [5.74, 6) is -3.20. The number of carboxylic acid groups (broad SMARTS) is 1. The van der Waals surface area contributed by atoms with E-state index in [-0.39, 0.29) is 0 Å². The van der Waals surface area contributed by atoms with Gasteiger partial charge in [-0.05, 0) is 13.0 Å². The number of rotatable bonds is 4. The smallest absolute Gasteiger partial charge is 0.326 e. The highest BCUT2D eigenvalue weighted by Gasteiger charge is 2.28. The molecule has 20 heavy (non-hydrogen) atoms. The van der Waals surface area contributed by atoms with Gasteiger partial charge in [0.05, 0.1) is 16.6 Å². The zero-order valence-corrected chi connectivity index (χ0v) is 10.7. The van der Waals surface area contributed by atoms with E-state index in [0.717, 1.165) is 11.0 Å². The quantitative estimate of drug-likeness (QED) is 0.480. The number of halogens is 1. The lowest BCUT2D eigenvalue weighted by molar-refractivity contribution is -0.384. The van der Waals surface area contributed by atoms with E-state index in [1.165, 1.54) is 14.0 Å². The first-order valence-corrected chi connectivity index (χ1v) is 5.40. The Kier molecular flexibility index (Phi) is 4.23. The number of carboxylic acids is 1. The second kappa shape index (κ2) is 5.51. The van der Waals surface area contributed by atoms with E-state index in [1.807, 2.05) is 0 Å². The summed E-state index contributed by atoms with van der Waals surface area (Å²) in [4.78, 5) is 33.4. The first-order chi connectivity index (χ1) is 9.16. The minimum Gasteiger partial charge on any atom is -0.480 e. The van der Waals surface area contributed by atoms with Crippen LogP contribution in [0.1, 0.15) is 17.3 Å². The largest absolute Gasteiger partial charge is 0.480 e. The van der Waals surface area contributed by atoms with Crippen molar-refractivity contribution in [3.05, 3.63) is 33.6 Å². The molecule has 0 saturated heterocycles. The van der Waals surface area contributed by atoms with Crippen molar-refractivity contribution in [2.24, 2.45) is 0 Å². The van der Waals surface area contributed by atoms with E-state index in [9.17, 15) is 24.1 Å². The predicted octanol–water partition coefficient (Wildman–Crippen LogP) is 0.861. The molecule has 0 aliphatic heterocycles. The average molecular weight is 285 g/mol. The third kappa shape index (κ3) is 2.82. The van der Waals surface area contributed by atoms with Crippen LogP contribution in [0.25, 0.3) is 0 Å². The first kappa shape index (κ1) is 15.3. The van der Waals surface area contributed by atoms with Crippen molar-refractivity contribution in [2.75, 3.05) is 12.8 Å². The Morgan fingerprint density at radius 1 is 1.50 bits per heavy atom. The molecule has 0 fully saturated rings. The molecule has 1 rings (SSSR count). The van der Waals surface area contributed by atoms with Gasteiger partial charge in [0.2, 0.25) is 0 Å². The van der Waals surface area contributed by atoms with Crippen molar-refractivity contribution >= 4 is 23.3 Å². The number of nitro benzene ring substituents is 1. The molecule has 0 heterocycles. The Morgan fingerprint density at radius 2 is 2.05 bits per heavy atom. The van der Waals surface area contributed by atoms with Crippen molar-refractivity contribution < 1.29 is 24.0 Å². The fourth-order valence-corrected chi connectivity index (χ4v) is 1.46. The van der Waals surface area contributed by atoms with Crippen LogP contribution in [-0.2, 0) is 4.79 Å². The molecule has 1 amide bonds. The van der Waals surface area contributed by atoms with Gasteiger partial charge in [-0.3, -0.25) is 14.9 Å². The molecule has 3 N–H and O–H groups in total. The monoisotopic (exact) mass is 285 g/mol. The van der Waals surface area contributed by atoms with Crippen LogP contribution in [0.4, 0.5) is 15.8 Å². The van der Waals surface area contributed by atoms with Crippen LogP contribution in [0.3, 0.4) is 0 Å². The Labute approximate surface area is 112 Å². The molecule has 1 unspecified atom stereocenters. The number of hydrogen-bond donors (Lipinski definition) is 2. The molecule has 108 valence electrons. The summed E-state index contributed by atoms with van der Waals surface area (Å²) in [7, 11) is 1.18. The number of benzene rings is 1. The molecule has 0 bridgehead atoms. The summed E-state index contributed by atoms with van der Waals surface area (Å²) in [6.07, 6.45) is 0. The number of nitrogens with two attached hydrogens (primary N) is 1. The number of nitrogen functional groups attached to an aromatic ring is 1. The SMILES string of the molecule is CC(C(=O)O)N(C)C(=O)c1cc(F)cc([N+](=O)[O-])c1N. The van der Waals surface area contributed by atoms with E-state index in [0.29, 0.717) is 6.07 Å². The molecule has 0 radical (unpaired) electrons. The minimum absolute atomic E-state index is 0.452. The van der Waals surface area contributed by atoms with E-state index in [2.05, 4.69) is 0 Å². The predicted molar refractivity (Wildman–Crippen MR) is 66.7 cm³/mol. The molecule has 0 aromatic heterocycles. The standard InChI is InChI=1S/C11H12FN3O5/c1-5(11(17)18)14(2)10(16)7-3-6(12)4-8(9(7)13)15(19)20/h3-5H,13H2,1-2H3,(H,17,18). The Morgan fingerprint density at radius 3 is 2.50 bits per heavy atom. The zero-order chi connectivity index (χ0) is 15.6. The first-order valence-electron chi connectivity index (χ1n) is 5.40. The molecule has 0 aliphatic rings. The second-order valence-electron chi connectivity index (χ2n) is 4.07. The van der Waals surface area contributed by atoms with E-state index < -0.39 is 45.6 Å². The van der Waals surface area contributed by atoms with E-state index in [4.69, 9.17) is 10.8 Å². The average Bonchev–Trinajstić information content (AvgIpc) is 2.37. The van der Waals surface area contributed by atoms with Crippen LogP contribution in [0.5, 0.6) is 0 Å². The Hall–Kier alpha value is -2.71. The zero-order valence-electron chi connectivity index (χ0n) is 10.7. The van der Waals surface area contributed by atoms with Gasteiger partial charge in [-0.25, -0.2) is 9.18 Å². The lowest BCUT2D eigenvalue weighted by atomic mass is 10.1. The normalized spacial score (nSPS) is 11.8. The van der Waals surface area contributed by atoms with Gasteiger partial charge in [0.25, 0.3) is 11.6 Å². The fraction of sp³-hybridized carbons (Fsp3) is 0.273. The van der Waals surface area contributed by atoms with Crippen LogP contribution in [0.15, 0.2) is 12.1 Å². The Balaban J connectivity index is 3.30. The summed E-state index contributed by atoms with van der Waals surface area (Å²) < 4.78 is 13.3. The molecule has 0 aliphatic carbocycles. The number of nitrogens with zero attached hydrogens (tertiary/aromatic N) is 2. The fourth-order valence-electron chi connectivity index (χ4n) is 1.46. The summed E-state index contributed by atoms with van der Waals surface area (Å²) >= 11 is 0. The van der Waals surface area contributed by atoms with Crippen molar-refractivity contribution in [1.29, 1.82) is 0 Å². The number of aliphatic carboxylic acids is 1. The molecule has 0 saturated carbocycles. The number of anilines is 1. The molecule has 1 aromatic carbocycles. The lowest BCUT2D eigenvalue weighted by Gasteiger charge is -2.22. The molecule has 9 heteroatoms. The number of carbonyl (C=O) groups excluding carboxylic acids is 1. The van der Waals surface area contributed by atoms with Crippen LogP contribution >= 0.6 is 0 Å². The number of hydrogen-bond acceptors (Lipinski definition) is 5. The van der Waals surface area contributed by atoms with Crippen LogP contribution < -0.4 is 5.73 Å². The van der Waals surface area contributed by atoms with Gasteiger partial charge in [-0.15, -0.1) is 0 Å². The molecular formula is C11H12FN3O5. The second-order valence-corrected chi connectivity index (χ2v) is 4.07. The van der Waals surface area contributed by atoms with Crippen LogP contribution in [0.2, 0.25) is 0 Å². The molecular weight excluding hydrogens is 273 g/mol. The maximum Gasteiger partial charge on any atom is 0.326 e. The topological polar surface area (TPSA) is 127 Å². The molecule has 1 aromatic rings. The van der Waals surface area contributed by atoms with Gasteiger partial charge in [0, 0.05) is 7.05 Å². The van der Waals surface area contributed by atoms with Crippen molar-refractivity contribution in [3.63, 3.8) is 0 Å². The van der Waals surface area contributed by atoms with Gasteiger partial charge >= 0.3 is 5.97 Å². The van der Waals surface area contributed by atoms with E-state index in [1.54, 1.807) is 0 Å². The maximum atomic E-state index is 13.3. The van der Waals surface area contributed by atoms with Gasteiger partial charge in [-0.1, -0.05) is 0 Å². The summed E-state index contributed by atoms with van der Waals surface area (Å²) in [5, 5.41) is 19.5. The van der Waals surface area contributed by atoms with Crippen LogP contribution in [-0.4, -0.2) is 39.9 Å². The van der Waals surface area contributed by atoms with Gasteiger partial charge in [0.1, 0.15) is 17.5 Å². The van der Waals surface area contributed by atoms with E-state index >= 15 is 0 Å². The number of carbonyl (C=O) groups is 2. The Bertz CT molecular complexity index is 590. The summed E-state index contributed by atoms with van der Waals surface area (Å²) in [6, 6.07) is 0.131. The highest BCUT2D eigenvalue weighted by atomic mass is 19.1. The van der Waals surface area contributed by atoms with Gasteiger partial charge < -0.3 is 15.7 Å². The lowest BCUT2D eigenvalue weighted by Crippen LogP contribution is -2.40. The molecule has 0 spiro atoms. The van der Waals surface area contributed by atoms with Crippen LogP contribution in [0, 0.1) is 15.9 Å².